The van der Waals surface area contributed by atoms with E-state index in [1.165, 1.54) is 0 Å². The summed E-state index contributed by atoms with van der Waals surface area (Å²) in [4.78, 5) is 38.8. The van der Waals surface area contributed by atoms with Crippen LogP contribution >= 0.6 is 0 Å². The first kappa shape index (κ1) is 26.9. The summed E-state index contributed by atoms with van der Waals surface area (Å²) in [6.45, 7) is 5.48. The molecular formula is C32H33NO5. The minimum atomic E-state index is -0.671. The monoisotopic (exact) mass is 511 g/mol. The Kier molecular flexibility index (Phi) is 8.10. The van der Waals surface area contributed by atoms with Gasteiger partial charge < -0.3 is 14.8 Å². The number of rotatable bonds is 10. The Balaban J connectivity index is 1.48. The highest BCUT2D eigenvalue weighted by atomic mass is 16.5. The van der Waals surface area contributed by atoms with Gasteiger partial charge in [0.05, 0.1) is 11.5 Å². The average Bonchev–Trinajstić information content (AvgIpc) is 3.75. The molecule has 0 aromatic heterocycles. The van der Waals surface area contributed by atoms with E-state index in [1.54, 1.807) is 26.1 Å². The van der Waals surface area contributed by atoms with Crippen LogP contribution in [0.15, 0.2) is 90.1 Å². The zero-order valence-corrected chi connectivity index (χ0v) is 22.2. The third-order valence-electron chi connectivity index (χ3n) is 6.80. The van der Waals surface area contributed by atoms with Crippen LogP contribution in [0.1, 0.15) is 55.1 Å². The number of esters is 2. The molecule has 196 valence electrons. The van der Waals surface area contributed by atoms with Crippen molar-refractivity contribution in [1.29, 1.82) is 0 Å². The van der Waals surface area contributed by atoms with Crippen molar-refractivity contribution in [1.82, 2.24) is 5.32 Å². The topological polar surface area (TPSA) is 81.7 Å². The van der Waals surface area contributed by atoms with E-state index in [2.05, 4.69) is 5.32 Å². The summed E-state index contributed by atoms with van der Waals surface area (Å²) in [6.07, 6.45) is 1.45. The molecule has 3 aromatic carbocycles. The molecule has 0 unspecified atom stereocenters. The second-order valence-corrected chi connectivity index (χ2v) is 9.83. The Morgan fingerprint density at radius 3 is 1.97 bits per heavy atom. The third-order valence-corrected chi connectivity index (χ3v) is 6.80. The molecule has 0 saturated heterocycles. The molecule has 0 heterocycles. The molecule has 1 saturated carbocycles. The highest BCUT2D eigenvalue weighted by Gasteiger charge is 2.53. The first-order valence-electron chi connectivity index (χ1n) is 12.8. The predicted octanol–water partition coefficient (Wildman–Crippen LogP) is 5.76. The fourth-order valence-corrected chi connectivity index (χ4v) is 4.34. The third kappa shape index (κ3) is 5.86. The number of benzene rings is 3. The molecule has 0 bridgehead atoms. The summed E-state index contributed by atoms with van der Waals surface area (Å²) < 4.78 is 10.9. The number of allylic oxidation sites excluding steroid dienone is 1. The lowest BCUT2D eigenvalue weighted by Gasteiger charge is -2.17. The maximum Gasteiger partial charge on any atom is 0.344 e. The molecule has 6 heteroatoms. The standard InChI is InChI=1S/C32H33NO5/c1-21(2)38-31(36)32(18-19-32)27-16-14-25(15-17-27)24-10-12-26(13-11-24)29(34)28(22(3)33-4)30(35)37-20-23-8-6-5-7-9-23/h5-17,21,33H,18-20H2,1-4H3/b28-22+. The zero-order chi connectivity index (χ0) is 27.3. The number of hydrogen-bond acceptors (Lipinski definition) is 6. The normalized spacial score (nSPS) is 14.3. The summed E-state index contributed by atoms with van der Waals surface area (Å²) in [5.74, 6) is -1.24. The van der Waals surface area contributed by atoms with Gasteiger partial charge >= 0.3 is 11.9 Å². The lowest BCUT2D eigenvalue weighted by molar-refractivity contribution is -0.150. The Morgan fingerprint density at radius 2 is 1.45 bits per heavy atom. The largest absolute Gasteiger partial charge is 0.462 e. The summed E-state index contributed by atoms with van der Waals surface area (Å²) in [6, 6.07) is 24.4. The fourth-order valence-electron chi connectivity index (χ4n) is 4.34. The van der Waals surface area contributed by atoms with Gasteiger partial charge in [-0.25, -0.2) is 4.79 Å². The molecule has 4 rings (SSSR count). The van der Waals surface area contributed by atoms with Crippen molar-refractivity contribution in [2.45, 2.75) is 51.7 Å². The zero-order valence-electron chi connectivity index (χ0n) is 22.2. The van der Waals surface area contributed by atoms with Gasteiger partial charge in [0.25, 0.3) is 0 Å². The molecule has 1 N–H and O–H groups in total. The summed E-state index contributed by atoms with van der Waals surface area (Å²) >= 11 is 0. The van der Waals surface area contributed by atoms with E-state index in [1.807, 2.05) is 80.6 Å². The lowest BCUT2D eigenvalue weighted by atomic mass is 9.93. The van der Waals surface area contributed by atoms with Crippen molar-refractivity contribution >= 4 is 17.7 Å². The van der Waals surface area contributed by atoms with Gasteiger partial charge in [-0.2, -0.15) is 0 Å². The molecule has 0 aliphatic heterocycles. The highest BCUT2D eigenvalue weighted by Crippen LogP contribution is 2.49. The van der Waals surface area contributed by atoms with Gasteiger partial charge in [0.15, 0.2) is 0 Å². The first-order chi connectivity index (χ1) is 18.2. The van der Waals surface area contributed by atoms with Crippen molar-refractivity contribution in [2.75, 3.05) is 7.05 Å². The van der Waals surface area contributed by atoms with Gasteiger partial charge in [-0.15, -0.1) is 0 Å². The molecule has 0 amide bonds. The first-order valence-corrected chi connectivity index (χ1v) is 12.8. The molecule has 1 aliphatic rings. The average molecular weight is 512 g/mol. The molecule has 38 heavy (non-hydrogen) atoms. The number of carbonyl (C=O) groups is 3. The molecule has 1 fully saturated rings. The van der Waals surface area contributed by atoms with Crippen molar-refractivity contribution < 1.29 is 23.9 Å². The van der Waals surface area contributed by atoms with Crippen LogP contribution < -0.4 is 5.32 Å². The van der Waals surface area contributed by atoms with Gasteiger partial charge in [0, 0.05) is 18.3 Å². The van der Waals surface area contributed by atoms with Gasteiger partial charge in [0.1, 0.15) is 12.2 Å². The molecule has 0 radical (unpaired) electrons. The SMILES string of the molecule is CN/C(C)=C(/C(=O)OCc1ccccc1)C(=O)c1ccc(-c2ccc(C3(C(=O)OC(C)C)CC3)cc2)cc1. The van der Waals surface area contributed by atoms with E-state index in [0.717, 1.165) is 35.1 Å². The number of ketones is 1. The van der Waals surface area contributed by atoms with Crippen LogP contribution in [0.25, 0.3) is 11.1 Å². The Bertz CT molecular complexity index is 1330. The molecule has 6 nitrogen and oxygen atoms in total. The van der Waals surface area contributed by atoms with Gasteiger partial charge in [-0.1, -0.05) is 78.9 Å². The molecular weight excluding hydrogens is 478 g/mol. The molecule has 0 atom stereocenters. The minimum Gasteiger partial charge on any atom is -0.462 e. The number of ether oxygens (including phenoxy) is 2. The number of nitrogens with one attached hydrogen (secondary N) is 1. The number of Topliss-reactive ketones (excluding diaryl/α,β-unsaturated/α-hetero) is 1. The Morgan fingerprint density at radius 1 is 0.868 bits per heavy atom. The van der Waals surface area contributed by atoms with Gasteiger partial charge in [0.2, 0.25) is 5.78 Å². The van der Waals surface area contributed by atoms with Crippen LogP contribution in [0, 0.1) is 0 Å². The van der Waals surface area contributed by atoms with Crippen molar-refractivity contribution in [3.05, 3.63) is 107 Å². The maximum absolute atomic E-state index is 13.3. The molecule has 0 spiro atoms. The smallest absolute Gasteiger partial charge is 0.344 e. The van der Waals surface area contributed by atoms with E-state index in [9.17, 15) is 14.4 Å². The van der Waals surface area contributed by atoms with Crippen LogP contribution in [0.2, 0.25) is 0 Å². The second-order valence-electron chi connectivity index (χ2n) is 9.83. The maximum atomic E-state index is 13.3. The van der Waals surface area contributed by atoms with E-state index in [0.29, 0.717) is 11.3 Å². The Labute approximate surface area is 223 Å². The van der Waals surface area contributed by atoms with Gasteiger partial charge in [-0.05, 0) is 55.9 Å². The van der Waals surface area contributed by atoms with Gasteiger partial charge in [-0.3, -0.25) is 9.59 Å². The second kappa shape index (κ2) is 11.5. The minimum absolute atomic E-state index is 0.0245. The van der Waals surface area contributed by atoms with E-state index < -0.39 is 17.2 Å². The predicted molar refractivity (Wildman–Crippen MR) is 146 cm³/mol. The number of carbonyl (C=O) groups excluding carboxylic acids is 3. The Hall–Kier alpha value is -4.19. The van der Waals surface area contributed by atoms with Crippen molar-refractivity contribution in [3.8, 4) is 11.1 Å². The quantitative estimate of drug-likeness (QED) is 0.123. The van der Waals surface area contributed by atoms with E-state index >= 15 is 0 Å². The van der Waals surface area contributed by atoms with E-state index in [-0.39, 0.29) is 24.3 Å². The van der Waals surface area contributed by atoms with Crippen LogP contribution in [0.4, 0.5) is 0 Å². The van der Waals surface area contributed by atoms with Crippen LogP contribution in [-0.2, 0) is 31.1 Å². The van der Waals surface area contributed by atoms with Crippen molar-refractivity contribution in [2.24, 2.45) is 0 Å². The lowest BCUT2D eigenvalue weighted by Crippen LogP contribution is -2.25. The molecule has 3 aromatic rings. The summed E-state index contributed by atoms with van der Waals surface area (Å²) in [7, 11) is 1.66. The fraction of sp³-hybridized carbons (Fsp3) is 0.281. The summed E-state index contributed by atoms with van der Waals surface area (Å²) in [5.41, 5.74) is 3.97. The van der Waals surface area contributed by atoms with Crippen LogP contribution in [0.5, 0.6) is 0 Å². The number of hydrogen-bond donors (Lipinski definition) is 1. The van der Waals surface area contributed by atoms with Crippen molar-refractivity contribution in [3.63, 3.8) is 0 Å². The summed E-state index contributed by atoms with van der Waals surface area (Å²) in [5, 5.41) is 2.90. The van der Waals surface area contributed by atoms with Crippen LogP contribution in [0.3, 0.4) is 0 Å². The van der Waals surface area contributed by atoms with Crippen LogP contribution in [-0.4, -0.2) is 30.9 Å². The highest BCUT2D eigenvalue weighted by molar-refractivity contribution is 6.24. The van der Waals surface area contributed by atoms with E-state index in [4.69, 9.17) is 9.47 Å². The molecule has 1 aliphatic carbocycles.